The van der Waals surface area contributed by atoms with Crippen molar-refractivity contribution in [1.82, 2.24) is 5.48 Å². The molecule has 0 atom stereocenters. The van der Waals surface area contributed by atoms with Gasteiger partial charge >= 0.3 is 0 Å². The number of carbonyl (C=O) groups excluding carboxylic acids is 1. The normalized spacial score (nSPS) is 11.7. The lowest BCUT2D eigenvalue weighted by atomic mass is 9.97. The molecule has 0 aliphatic rings. The largest absolute Gasteiger partial charge is 0.288 e. The zero-order valence-electron chi connectivity index (χ0n) is 15.4. The minimum Gasteiger partial charge on any atom is -0.288 e. The van der Waals surface area contributed by atoms with Gasteiger partial charge in [-0.3, -0.25) is 14.7 Å². The number of nitrogens with one attached hydrogen (secondary N) is 2. The van der Waals surface area contributed by atoms with Crippen LogP contribution in [0, 0.1) is 0 Å². The zero-order chi connectivity index (χ0) is 20.7. The Kier molecular flexibility index (Phi) is 6.43. The Morgan fingerprint density at radius 3 is 2.14 bits per heavy atom. The van der Waals surface area contributed by atoms with Crippen LogP contribution in [0.3, 0.4) is 0 Å². The topological polar surface area (TPSA) is 95.5 Å². The number of amides is 1. The molecule has 3 aromatic carbocycles. The molecule has 6 nitrogen and oxygen atoms in total. The van der Waals surface area contributed by atoms with E-state index in [1.807, 2.05) is 36.4 Å². The van der Waals surface area contributed by atoms with E-state index >= 15 is 0 Å². The highest BCUT2D eigenvalue weighted by Crippen LogP contribution is 2.26. The SMILES string of the molecule is O=C(/C=C(/c1ccccc1)c1cccc(NS(=O)(=O)Cc2ccccc2)c1)NO. The Hall–Kier alpha value is -3.42. The van der Waals surface area contributed by atoms with Crippen LogP contribution >= 0.6 is 0 Å². The molecule has 148 valence electrons. The molecule has 0 fully saturated rings. The van der Waals surface area contributed by atoms with Crippen LogP contribution in [0.1, 0.15) is 16.7 Å². The summed E-state index contributed by atoms with van der Waals surface area (Å²) in [6.07, 6.45) is 1.26. The summed E-state index contributed by atoms with van der Waals surface area (Å²) in [5.74, 6) is -0.828. The highest BCUT2D eigenvalue weighted by atomic mass is 32.2. The Balaban J connectivity index is 1.91. The van der Waals surface area contributed by atoms with E-state index in [0.29, 0.717) is 22.4 Å². The maximum atomic E-state index is 12.5. The molecule has 29 heavy (non-hydrogen) atoms. The molecule has 0 unspecified atom stereocenters. The van der Waals surface area contributed by atoms with E-state index < -0.39 is 15.9 Å². The third kappa shape index (κ3) is 5.78. The van der Waals surface area contributed by atoms with Gasteiger partial charge in [0.1, 0.15) is 0 Å². The van der Waals surface area contributed by atoms with Gasteiger partial charge in [-0.25, -0.2) is 13.9 Å². The Labute approximate surface area is 169 Å². The van der Waals surface area contributed by atoms with Gasteiger partial charge in [-0.05, 0) is 34.4 Å². The Morgan fingerprint density at radius 1 is 0.862 bits per heavy atom. The fourth-order valence-electron chi connectivity index (χ4n) is 2.87. The van der Waals surface area contributed by atoms with Gasteiger partial charge in [0, 0.05) is 11.8 Å². The maximum Gasteiger partial charge on any atom is 0.267 e. The number of hydrogen-bond donors (Lipinski definition) is 3. The fourth-order valence-corrected chi connectivity index (χ4v) is 4.06. The summed E-state index contributed by atoms with van der Waals surface area (Å²) < 4.78 is 27.6. The molecular formula is C22H20N2O4S. The van der Waals surface area contributed by atoms with Crippen molar-refractivity contribution in [3.05, 3.63) is 108 Å². The highest BCUT2D eigenvalue weighted by molar-refractivity contribution is 7.91. The molecular weight excluding hydrogens is 388 g/mol. The molecule has 0 radical (unpaired) electrons. The van der Waals surface area contributed by atoms with Gasteiger partial charge in [-0.2, -0.15) is 0 Å². The fraction of sp³-hybridized carbons (Fsp3) is 0.0455. The molecule has 1 amide bonds. The van der Waals surface area contributed by atoms with Crippen LogP contribution in [-0.2, 0) is 20.6 Å². The molecule has 3 N–H and O–H groups in total. The molecule has 0 aromatic heterocycles. The first-order valence-corrected chi connectivity index (χ1v) is 10.5. The first-order chi connectivity index (χ1) is 14.0. The number of anilines is 1. The smallest absolute Gasteiger partial charge is 0.267 e. The third-order valence-corrected chi connectivity index (χ3v) is 5.38. The van der Waals surface area contributed by atoms with E-state index in [9.17, 15) is 13.2 Å². The summed E-state index contributed by atoms with van der Waals surface area (Å²) in [4.78, 5) is 11.7. The second kappa shape index (κ2) is 9.18. The summed E-state index contributed by atoms with van der Waals surface area (Å²) >= 11 is 0. The van der Waals surface area contributed by atoms with E-state index in [0.717, 1.165) is 5.56 Å². The second-order valence-corrected chi connectivity index (χ2v) is 8.05. The molecule has 3 aromatic rings. The van der Waals surface area contributed by atoms with Crippen molar-refractivity contribution in [1.29, 1.82) is 0 Å². The highest BCUT2D eigenvalue weighted by Gasteiger charge is 2.13. The zero-order valence-corrected chi connectivity index (χ0v) is 16.3. The number of hydrogen-bond acceptors (Lipinski definition) is 4. The third-order valence-electron chi connectivity index (χ3n) is 4.12. The Morgan fingerprint density at radius 2 is 1.48 bits per heavy atom. The van der Waals surface area contributed by atoms with Crippen molar-refractivity contribution >= 4 is 27.2 Å². The molecule has 0 bridgehead atoms. The van der Waals surface area contributed by atoms with E-state index in [1.54, 1.807) is 54.0 Å². The van der Waals surface area contributed by atoms with Crippen molar-refractivity contribution < 1.29 is 18.4 Å². The average Bonchev–Trinajstić information content (AvgIpc) is 2.72. The van der Waals surface area contributed by atoms with Gasteiger partial charge in [0.15, 0.2) is 0 Å². The molecule has 0 aliphatic carbocycles. The number of sulfonamides is 1. The number of hydroxylamine groups is 1. The molecule has 7 heteroatoms. The van der Waals surface area contributed by atoms with Gasteiger partial charge in [-0.15, -0.1) is 0 Å². The molecule has 0 saturated heterocycles. The first-order valence-electron chi connectivity index (χ1n) is 8.83. The minimum atomic E-state index is -3.61. The van der Waals surface area contributed by atoms with Crippen molar-refractivity contribution in [3.63, 3.8) is 0 Å². The standard InChI is InChI=1S/C22H20N2O4S/c25-22(23-26)15-21(18-10-5-2-6-11-18)19-12-7-13-20(14-19)24-29(27,28)16-17-8-3-1-4-9-17/h1-15,24,26H,16H2,(H,23,25)/b21-15-. The summed E-state index contributed by atoms with van der Waals surface area (Å²) in [6.45, 7) is 0. The molecule has 0 spiro atoms. The number of carbonyl (C=O) groups is 1. The predicted molar refractivity (Wildman–Crippen MR) is 113 cm³/mol. The van der Waals surface area contributed by atoms with Crippen LogP contribution in [0.4, 0.5) is 5.69 Å². The summed E-state index contributed by atoms with van der Waals surface area (Å²) in [5.41, 5.74) is 4.57. The van der Waals surface area contributed by atoms with Crippen LogP contribution in [0.5, 0.6) is 0 Å². The average molecular weight is 408 g/mol. The number of rotatable bonds is 7. The monoisotopic (exact) mass is 408 g/mol. The Bertz CT molecular complexity index is 1110. The van der Waals surface area contributed by atoms with Crippen LogP contribution in [0.2, 0.25) is 0 Å². The van der Waals surface area contributed by atoms with Crippen LogP contribution in [0.25, 0.3) is 5.57 Å². The predicted octanol–water partition coefficient (Wildman–Crippen LogP) is 3.57. The minimum absolute atomic E-state index is 0.146. The molecule has 0 saturated carbocycles. The molecule has 3 rings (SSSR count). The van der Waals surface area contributed by atoms with Crippen molar-refractivity contribution in [3.8, 4) is 0 Å². The van der Waals surface area contributed by atoms with Gasteiger partial charge in [-0.1, -0.05) is 72.8 Å². The van der Waals surface area contributed by atoms with Gasteiger partial charge in [0.25, 0.3) is 5.91 Å². The maximum absolute atomic E-state index is 12.5. The molecule has 0 aliphatic heterocycles. The first kappa shape index (κ1) is 20.3. The van der Waals surface area contributed by atoms with Crippen molar-refractivity contribution in [2.75, 3.05) is 4.72 Å². The van der Waals surface area contributed by atoms with E-state index in [4.69, 9.17) is 5.21 Å². The van der Waals surface area contributed by atoms with Crippen molar-refractivity contribution in [2.24, 2.45) is 0 Å². The lowest BCUT2D eigenvalue weighted by Crippen LogP contribution is -2.16. The lowest BCUT2D eigenvalue weighted by Gasteiger charge is -2.12. The summed E-state index contributed by atoms with van der Waals surface area (Å²) in [7, 11) is -3.61. The summed E-state index contributed by atoms with van der Waals surface area (Å²) in [6, 6.07) is 24.8. The lowest BCUT2D eigenvalue weighted by molar-refractivity contribution is -0.124. The quantitative estimate of drug-likeness (QED) is 0.316. The van der Waals surface area contributed by atoms with Crippen LogP contribution in [0.15, 0.2) is 91.0 Å². The van der Waals surface area contributed by atoms with E-state index in [-0.39, 0.29) is 5.75 Å². The van der Waals surface area contributed by atoms with Gasteiger partial charge in [0.05, 0.1) is 5.75 Å². The van der Waals surface area contributed by atoms with E-state index in [2.05, 4.69) is 4.72 Å². The van der Waals surface area contributed by atoms with E-state index in [1.165, 1.54) is 6.08 Å². The van der Waals surface area contributed by atoms with Gasteiger partial charge < -0.3 is 0 Å². The molecule has 0 heterocycles. The van der Waals surface area contributed by atoms with Gasteiger partial charge in [0.2, 0.25) is 10.0 Å². The summed E-state index contributed by atoms with van der Waals surface area (Å²) in [5, 5.41) is 8.89. The number of benzene rings is 3. The van der Waals surface area contributed by atoms with Crippen LogP contribution < -0.4 is 10.2 Å². The van der Waals surface area contributed by atoms with Crippen molar-refractivity contribution in [2.45, 2.75) is 5.75 Å². The van der Waals surface area contributed by atoms with Crippen LogP contribution in [-0.4, -0.2) is 19.5 Å². The second-order valence-electron chi connectivity index (χ2n) is 6.33.